The van der Waals surface area contributed by atoms with Crippen molar-refractivity contribution in [3.8, 4) is 17.1 Å². The summed E-state index contributed by atoms with van der Waals surface area (Å²) in [5.41, 5.74) is 0.0903. The van der Waals surface area contributed by atoms with E-state index in [2.05, 4.69) is 42.0 Å². The molecule has 10 nitrogen and oxygen atoms in total. The van der Waals surface area contributed by atoms with E-state index in [0.717, 1.165) is 44.8 Å². The SMILES string of the molecule is CN1CCC2(CC1)CN(c1cc(Nc3cc(OC(F)F)ccn3)nc(-c3cnn(CC(C)(C)O)c3)n1)C2. The van der Waals surface area contributed by atoms with Gasteiger partial charge in [-0.1, -0.05) is 0 Å². The maximum Gasteiger partial charge on any atom is 0.387 e. The summed E-state index contributed by atoms with van der Waals surface area (Å²) in [6.07, 6.45) is 7.17. The van der Waals surface area contributed by atoms with Gasteiger partial charge in [-0.15, -0.1) is 0 Å². The maximum absolute atomic E-state index is 12.7. The largest absolute Gasteiger partial charge is 0.435 e. The van der Waals surface area contributed by atoms with E-state index in [1.54, 1.807) is 30.9 Å². The molecule has 12 heteroatoms. The molecular formula is C25H32F2N8O2. The molecule has 5 heterocycles. The van der Waals surface area contributed by atoms with Crippen LogP contribution in [0.1, 0.15) is 26.7 Å². The van der Waals surface area contributed by atoms with Gasteiger partial charge in [0, 0.05) is 43.0 Å². The second-order valence-corrected chi connectivity index (χ2v) is 10.7. The molecule has 5 rings (SSSR count). The highest BCUT2D eigenvalue weighted by Crippen LogP contribution is 2.42. The number of nitrogens with zero attached hydrogens (tertiary/aromatic N) is 7. The first-order valence-corrected chi connectivity index (χ1v) is 12.3. The number of nitrogens with one attached hydrogen (secondary N) is 1. The molecule has 2 aliphatic heterocycles. The average Bonchev–Trinajstić information content (AvgIpc) is 3.25. The molecular weight excluding hydrogens is 482 g/mol. The fourth-order valence-corrected chi connectivity index (χ4v) is 4.87. The molecule has 0 atom stereocenters. The Morgan fingerprint density at radius 2 is 1.92 bits per heavy atom. The first kappa shape index (κ1) is 25.3. The van der Waals surface area contributed by atoms with Gasteiger partial charge >= 0.3 is 6.61 Å². The van der Waals surface area contributed by atoms with E-state index < -0.39 is 12.2 Å². The van der Waals surface area contributed by atoms with Crippen LogP contribution in [-0.2, 0) is 6.54 Å². The summed E-state index contributed by atoms with van der Waals surface area (Å²) in [6, 6.07) is 4.60. The van der Waals surface area contributed by atoms with Crippen LogP contribution in [-0.4, -0.2) is 80.2 Å². The number of halogens is 2. The third-order valence-electron chi connectivity index (χ3n) is 6.79. The molecule has 2 aliphatic rings. The second-order valence-electron chi connectivity index (χ2n) is 10.7. The number of anilines is 3. The standard InChI is InChI=1S/C25H32F2N8O2/c1-24(2,36)14-35-13-17(12-29-35)22-31-20(30-19-10-18(4-7-28-19)37-23(26)27)11-21(32-22)34-15-25(16-34)5-8-33(3)9-6-25/h4,7,10-13,23,36H,5-6,8-9,14-16H2,1-3H3,(H,28,30,31,32). The third-order valence-corrected chi connectivity index (χ3v) is 6.79. The van der Waals surface area contributed by atoms with Crippen LogP contribution in [0, 0.1) is 5.41 Å². The zero-order valence-electron chi connectivity index (χ0n) is 21.2. The average molecular weight is 515 g/mol. The van der Waals surface area contributed by atoms with Crippen molar-refractivity contribution in [2.45, 2.75) is 45.4 Å². The van der Waals surface area contributed by atoms with Gasteiger partial charge in [0.2, 0.25) is 0 Å². The molecule has 2 saturated heterocycles. The van der Waals surface area contributed by atoms with Crippen molar-refractivity contribution in [3.05, 3.63) is 36.8 Å². The minimum absolute atomic E-state index is 0.00171. The van der Waals surface area contributed by atoms with Crippen LogP contribution in [0.2, 0.25) is 0 Å². The van der Waals surface area contributed by atoms with Gasteiger partial charge in [-0.2, -0.15) is 13.9 Å². The molecule has 0 aromatic carbocycles. The number of ether oxygens (including phenoxy) is 1. The summed E-state index contributed by atoms with van der Waals surface area (Å²) in [5.74, 6) is 2.03. The number of alkyl halides is 2. The number of hydrogen-bond donors (Lipinski definition) is 2. The topological polar surface area (TPSA) is 104 Å². The molecule has 1 spiro atoms. The van der Waals surface area contributed by atoms with Crippen LogP contribution in [0.3, 0.4) is 0 Å². The summed E-state index contributed by atoms with van der Waals surface area (Å²) >= 11 is 0. The van der Waals surface area contributed by atoms with E-state index in [0.29, 0.717) is 35.0 Å². The molecule has 37 heavy (non-hydrogen) atoms. The van der Waals surface area contributed by atoms with Crippen LogP contribution in [0.15, 0.2) is 36.8 Å². The highest BCUT2D eigenvalue weighted by Gasteiger charge is 2.45. The van der Waals surface area contributed by atoms with Crippen LogP contribution in [0.25, 0.3) is 11.4 Å². The van der Waals surface area contributed by atoms with Gasteiger partial charge in [-0.3, -0.25) is 4.68 Å². The van der Waals surface area contributed by atoms with Crippen molar-refractivity contribution < 1.29 is 18.6 Å². The van der Waals surface area contributed by atoms with Crippen molar-refractivity contribution in [2.75, 3.05) is 43.4 Å². The highest BCUT2D eigenvalue weighted by atomic mass is 19.3. The van der Waals surface area contributed by atoms with Gasteiger partial charge in [0.15, 0.2) is 5.82 Å². The number of likely N-dealkylation sites (tertiary alicyclic amines) is 1. The predicted molar refractivity (Wildman–Crippen MR) is 135 cm³/mol. The lowest BCUT2D eigenvalue weighted by Gasteiger charge is -2.54. The van der Waals surface area contributed by atoms with Gasteiger partial charge in [-0.05, 0) is 52.9 Å². The number of aliphatic hydroxyl groups is 1. The molecule has 2 N–H and O–H groups in total. The monoisotopic (exact) mass is 514 g/mol. The molecule has 0 saturated carbocycles. The van der Waals surface area contributed by atoms with Gasteiger partial charge in [0.25, 0.3) is 0 Å². The Bertz CT molecular complexity index is 1230. The molecule has 2 fully saturated rings. The van der Waals surface area contributed by atoms with Crippen LogP contribution < -0.4 is 15.0 Å². The summed E-state index contributed by atoms with van der Waals surface area (Å²) in [4.78, 5) is 18.3. The predicted octanol–water partition coefficient (Wildman–Crippen LogP) is 3.38. The van der Waals surface area contributed by atoms with E-state index >= 15 is 0 Å². The van der Waals surface area contributed by atoms with Crippen molar-refractivity contribution >= 4 is 17.5 Å². The molecule has 0 radical (unpaired) electrons. The fourth-order valence-electron chi connectivity index (χ4n) is 4.87. The summed E-state index contributed by atoms with van der Waals surface area (Å²) in [7, 11) is 2.16. The third kappa shape index (κ3) is 6.13. The quantitative estimate of drug-likeness (QED) is 0.468. The van der Waals surface area contributed by atoms with E-state index in [1.807, 2.05) is 6.07 Å². The lowest BCUT2D eigenvalue weighted by atomic mass is 9.72. The number of rotatable bonds is 8. The summed E-state index contributed by atoms with van der Waals surface area (Å²) in [6.45, 7) is 4.87. The fraction of sp³-hybridized carbons (Fsp3) is 0.520. The Morgan fingerprint density at radius 1 is 1.16 bits per heavy atom. The molecule has 3 aromatic rings. The molecule has 0 aliphatic carbocycles. The first-order valence-electron chi connectivity index (χ1n) is 12.3. The zero-order chi connectivity index (χ0) is 26.2. The highest BCUT2D eigenvalue weighted by molar-refractivity contribution is 5.64. The lowest BCUT2D eigenvalue weighted by molar-refractivity contribution is -0.0498. The Balaban J connectivity index is 1.42. The number of pyridine rings is 1. The van der Waals surface area contributed by atoms with E-state index in [-0.39, 0.29) is 5.75 Å². The van der Waals surface area contributed by atoms with Crippen LogP contribution >= 0.6 is 0 Å². The van der Waals surface area contributed by atoms with Crippen molar-refractivity contribution in [1.29, 1.82) is 0 Å². The number of piperidine rings is 1. The van der Waals surface area contributed by atoms with Crippen LogP contribution in [0.5, 0.6) is 5.75 Å². The minimum Gasteiger partial charge on any atom is -0.435 e. The Kier molecular flexibility index (Phi) is 6.71. The number of hydrogen-bond acceptors (Lipinski definition) is 9. The lowest BCUT2D eigenvalue weighted by Crippen LogP contribution is -2.60. The van der Waals surface area contributed by atoms with Crippen molar-refractivity contribution in [2.24, 2.45) is 5.41 Å². The summed E-state index contributed by atoms with van der Waals surface area (Å²) in [5, 5.41) is 17.6. The zero-order valence-corrected chi connectivity index (χ0v) is 21.2. The van der Waals surface area contributed by atoms with Crippen molar-refractivity contribution in [1.82, 2.24) is 29.6 Å². The van der Waals surface area contributed by atoms with Crippen molar-refractivity contribution in [3.63, 3.8) is 0 Å². The molecule has 0 bridgehead atoms. The molecule has 0 amide bonds. The molecule has 0 unspecified atom stereocenters. The molecule has 198 valence electrons. The van der Waals surface area contributed by atoms with Gasteiger partial charge in [-0.25, -0.2) is 15.0 Å². The number of aromatic nitrogens is 5. The van der Waals surface area contributed by atoms with E-state index in [1.165, 1.54) is 18.3 Å². The minimum atomic E-state index is -2.92. The van der Waals surface area contributed by atoms with Gasteiger partial charge < -0.3 is 25.0 Å². The molecule has 3 aromatic heterocycles. The Hall–Kier alpha value is -3.38. The smallest absolute Gasteiger partial charge is 0.387 e. The van der Waals surface area contributed by atoms with E-state index in [9.17, 15) is 13.9 Å². The second kappa shape index (κ2) is 9.82. The maximum atomic E-state index is 12.7. The Labute approximate surface area is 214 Å². The Morgan fingerprint density at radius 3 is 2.62 bits per heavy atom. The first-order chi connectivity index (χ1) is 17.6. The van der Waals surface area contributed by atoms with Gasteiger partial charge in [0.05, 0.1) is 23.9 Å². The van der Waals surface area contributed by atoms with Crippen LogP contribution in [0.4, 0.5) is 26.2 Å². The van der Waals surface area contributed by atoms with Gasteiger partial charge in [0.1, 0.15) is 23.2 Å². The van der Waals surface area contributed by atoms with E-state index in [4.69, 9.17) is 4.98 Å². The normalized spacial score (nSPS) is 17.8. The summed E-state index contributed by atoms with van der Waals surface area (Å²) < 4.78 is 31.5.